The van der Waals surface area contributed by atoms with Crippen LogP contribution in [0.4, 0.5) is 0 Å². The molecule has 0 radical (unpaired) electrons. The maximum atomic E-state index is 12.1. The average Bonchev–Trinajstić information content (AvgIpc) is 2.32. The van der Waals surface area contributed by atoms with Crippen LogP contribution in [-0.4, -0.2) is 40.4 Å². The van der Waals surface area contributed by atoms with Crippen molar-refractivity contribution in [3.63, 3.8) is 0 Å². The van der Waals surface area contributed by atoms with Crippen molar-refractivity contribution >= 4 is 5.78 Å². The average molecular weight is 268 g/mol. The Morgan fingerprint density at radius 1 is 1.32 bits per heavy atom. The number of hydrogen-bond acceptors (Lipinski definition) is 4. The molecule has 0 saturated carbocycles. The lowest BCUT2D eigenvalue weighted by molar-refractivity contribution is -0.182. The van der Waals surface area contributed by atoms with E-state index in [2.05, 4.69) is 0 Å². The van der Waals surface area contributed by atoms with Crippen LogP contribution in [0.1, 0.15) is 40.5 Å². The van der Waals surface area contributed by atoms with Gasteiger partial charge in [0.05, 0.1) is 24.4 Å². The molecule has 2 N–H and O–H groups in total. The van der Waals surface area contributed by atoms with Crippen molar-refractivity contribution in [1.82, 2.24) is 0 Å². The fourth-order valence-corrected chi connectivity index (χ4v) is 2.96. The molecule has 2 aliphatic rings. The third kappa shape index (κ3) is 2.62. The van der Waals surface area contributed by atoms with Gasteiger partial charge >= 0.3 is 0 Å². The zero-order valence-electron chi connectivity index (χ0n) is 12.1. The molecule has 2 heterocycles. The standard InChI is InChI=1S/C15H24O4/c1-8-5-11(17)14-9(2)10(16)7-13(19-14)15(3,4)12(18)6-8/h6,9,11-14,17-18H,5,7H2,1-4H3/b8-6+/t9-,11+,12-,13-,14+/m1/s1. The number of rotatable bonds is 0. The molecule has 0 spiro atoms. The first kappa shape index (κ1) is 14.7. The van der Waals surface area contributed by atoms with Crippen LogP contribution in [0.15, 0.2) is 11.6 Å². The topological polar surface area (TPSA) is 66.8 Å². The van der Waals surface area contributed by atoms with Gasteiger partial charge < -0.3 is 14.9 Å². The van der Waals surface area contributed by atoms with Crippen molar-refractivity contribution in [1.29, 1.82) is 0 Å². The number of Topliss-reactive ketones (excluding diaryl/α,β-unsaturated/α-hetero) is 1. The lowest BCUT2D eigenvalue weighted by Gasteiger charge is -2.43. The Hall–Kier alpha value is -0.710. The summed E-state index contributed by atoms with van der Waals surface area (Å²) < 4.78 is 5.97. The summed E-state index contributed by atoms with van der Waals surface area (Å²) >= 11 is 0. The van der Waals surface area contributed by atoms with E-state index in [0.717, 1.165) is 5.57 Å². The summed E-state index contributed by atoms with van der Waals surface area (Å²) in [6.07, 6.45) is 0.322. The highest BCUT2D eigenvalue weighted by molar-refractivity contribution is 5.82. The molecular formula is C15H24O4. The van der Waals surface area contributed by atoms with Gasteiger partial charge in [-0.1, -0.05) is 32.4 Å². The van der Waals surface area contributed by atoms with Gasteiger partial charge in [-0.15, -0.1) is 0 Å². The fraction of sp³-hybridized carbons (Fsp3) is 0.800. The molecule has 1 fully saturated rings. The monoisotopic (exact) mass is 268 g/mol. The summed E-state index contributed by atoms with van der Waals surface area (Å²) in [4.78, 5) is 12.1. The molecule has 0 amide bonds. The lowest BCUT2D eigenvalue weighted by atomic mass is 9.75. The Bertz CT molecular complexity index is 399. The van der Waals surface area contributed by atoms with Crippen molar-refractivity contribution in [2.75, 3.05) is 0 Å². The number of ketones is 1. The minimum Gasteiger partial charge on any atom is -0.390 e. The number of ether oxygens (including phenoxy) is 1. The molecule has 1 saturated heterocycles. The fourth-order valence-electron chi connectivity index (χ4n) is 2.96. The van der Waals surface area contributed by atoms with Gasteiger partial charge in [-0.25, -0.2) is 0 Å². The van der Waals surface area contributed by atoms with Gasteiger partial charge in [-0.3, -0.25) is 4.79 Å². The second-order valence-electron chi connectivity index (χ2n) is 6.60. The van der Waals surface area contributed by atoms with Crippen LogP contribution in [0.2, 0.25) is 0 Å². The highest BCUT2D eigenvalue weighted by Crippen LogP contribution is 2.39. The van der Waals surface area contributed by atoms with Crippen LogP contribution in [0.5, 0.6) is 0 Å². The smallest absolute Gasteiger partial charge is 0.140 e. The van der Waals surface area contributed by atoms with E-state index >= 15 is 0 Å². The predicted octanol–water partition coefficient (Wildman–Crippen LogP) is 1.45. The number of aliphatic hydroxyl groups excluding tert-OH is 2. The van der Waals surface area contributed by atoms with Gasteiger partial charge in [-0.05, 0) is 13.3 Å². The zero-order valence-corrected chi connectivity index (χ0v) is 12.1. The molecular weight excluding hydrogens is 244 g/mol. The molecule has 0 aromatic rings. The molecule has 0 aromatic heterocycles. The van der Waals surface area contributed by atoms with Gasteiger partial charge in [0.15, 0.2) is 0 Å². The Morgan fingerprint density at radius 3 is 2.58 bits per heavy atom. The largest absolute Gasteiger partial charge is 0.390 e. The molecule has 4 nitrogen and oxygen atoms in total. The van der Waals surface area contributed by atoms with Crippen molar-refractivity contribution in [2.45, 2.75) is 65.0 Å². The van der Waals surface area contributed by atoms with Gasteiger partial charge in [0.2, 0.25) is 0 Å². The summed E-state index contributed by atoms with van der Waals surface area (Å²) in [5.41, 5.74) is 0.392. The normalized spacial score (nSPS) is 45.7. The number of hydrogen-bond donors (Lipinski definition) is 2. The van der Waals surface area contributed by atoms with E-state index < -0.39 is 23.7 Å². The quantitative estimate of drug-likeness (QED) is 0.653. The van der Waals surface area contributed by atoms with Crippen molar-refractivity contribution < 1.29 is 19.7 Å². The van der Waals surface area contributed by atoms with E-state index in [1.807, 2.05) is 27.7 Å². The van der Waals surface area contributed by atoms with Crippen LogP contribution >= 0.6 is 0 Å². The van der Waals surface area contributed by atoms with E-state index in [0.29, 0.717) is 12.8 Å². The van der Waals surface area contributed by atoms with E-state index in [1.165, 1.54) is 0 Å². The Labute approximate surface area is 114 Å². The summed E-state index contributed by atoms with van der Waals surface area (Å²) in [6.45, 7) is 7.52. The van der Waals surface area contributed by atoms with Gasteiger partial charge in [-0.2, -0.15) is 0 Å². The number of fused-ring (bicyclic) bond motifs is 2. The Balaban J connectivity index is 2.40. The highest BCUT2D eigenvalue weighted by atomic mass is 16.5. The first-order valence-electron chi connectivity index (χ1n) is 6.95. The van der Waals surface area contributed by atoms with Gasteiger partial charge in [0.1, 0.15) is 5.78 Å². The molecule has 2 rings (SSSR count). The van der Waals surface area contributed by atoms with Crippen LogP contribution < -0.4 is 0 Å². The second-order valence-corrected chi connectivity index (χ2v) is 6.60. The van der Waals surface area contributed by atoms with Crippen molar-refractivity contribution in [2.24, 2.45) is 11.3 Å². The number of carbonyl (C=O) groups excluding carboxylic acids is 1. The molecule has 19 heavy (non-hydrogen) atoms. The lowest BCUT2D eigenvalue weighted by Crippen LogP contribution is -2.52. The minimum atomic E-state index is -0.695. The minimum absolute atomic E-state index is 0.111. The third-order valence-corrected chi connectivity index (χ3v) is 4.65. The molecule has 0 unspecified atom stereocenters. The van der Waals surface area contributed by atoms with E-state index in [4.69, 9.17) is 4.74 Å². The SMILES string of the molecule is C/C1=C\[C@@H](O)C(C)(C)[C@H]2CC(=O)[C@@H](C)[C@H](O2)[C@@H](O)C1. The maximum Gasteiger partial charge on any atom is 0.140 e. The third-order valence-electron chi connectivity index (χ3n) is 4.65. The van der Waals surface area contributed by atoms with E-state index in [1.54, 1.807) is 6.08 Å². The first-order valence-corrected chi connectivity index (χ1v) is 6.95. The molecule has 0 aliphatic carbocycles. The van der Waals surface area contributed by atoms with Crippen LogP contribution in [0.3, 0.4) is 0 Å². The predicted molar refractivity (Wildman–Crippen MR) is 71.6 cm³/mol. The van der Waals surface area contributed by atoms with Crippen molar-refractivity contribution in [3.05, 3.63) is 11.6 Å². The number of carbonyl (C=O) groups is 1. The summed E-state index contributed by atoms with van der Waals surface area (Å²) in [6, 6.07) is 0. The zero-order chi connectivity index (χ0) is 14.4. The van der Waals surface area contributed by atoms with Crippen LogP contribution in [-0.2, 0) is 9.53 Å². The maximum absolute atomic E-state index is 12.1. The molecule has 2 aliphatic heterocycles. The number of aliphatic hydroxyl groups is 2. The molecule has 5 atom stereocenters. The Morgan fingerprint density at radius 2 is 1.95 bits per heavy atom. The molecule has 0 aromatic carbocycles. The van der Waals surface area contributed by atoms with Crippen molar-refractivity contribution in [3.8, 4) is 0 Å². The molecule has 2 bridgehead atoms. The summed E-state index contributed by atoms with van der Waals surface area (Å²) in [5.74, 6) is -0.176. The summed E-state index contributed by atoms with van der Waals surface area (Å²) in [5, 5.41) is 20.6. The van der Waals surface area contributed by atoms with Gasteiger partial charge in [0.25, 0.3) is 0 Å². The second kappa shape index (κ2) is 5.00. The Kier molecular flexibility index (Phi) is 3.87. The van der Waals surface area contributed by atoms with E-state index in [9.17, 15) is 15.0 Å². The van der Waals surface area contributed by atoms with Gasteiger partial charge in [0, 0.05) is 17.8 Å². The highest BCUT2D eigenvalue weighted by Gasteiger charge is 2.47. The first-order chi connectivity index (χ1) is 8.73. The summed E-state index contributed by atoms with van der Waals surface area (Å²) in [7, 11) is 0. The van der Waals surface area contributed by atoms with E-state index in [-0.39, 0.29) is 17.8 Å². The molecule has 108 valence electrons. The van der Waals surface area contributed by atoms with Crippen LogP contribution in [0.25, 0.3) is 0 Å². The van der Waals surface area contributed by atoms with Crippen LogP contribution in [0, 0.1) is 11.3 Å². The molecule has 4 heteroatoms.